The van der Waals surface area contributed by atoms with E-state index >= 15 is 0 Å². The predicted molar refractivity (Wildman–Crippen MR) is 87.2 cm³/mol. The smallest absolute Gasteiger partial charge is 0.134 e. The molecule has 3 nitrogen and oxygen atoms in total. The van der Waals surface area contributed by atoms with Gasteiger partial charge >= 0.3 is 0 Å². The van der Waals surface area contributed by atoms with Crippen molar-refractivity contribution >= 4 is 0 Å². The summed E-state index contributed by atoms with van der Waals surface area (Å²) < 4.78 is 5.36. The third-order valence-corrected chi connectivity index (χ3v) is 3.97. The molecule has 1 fully saturated rings. The Morgan fingerprint density at radius 1 is 1.38 bits per heavy atom. The van der Waals surface area contributed by atoms with Gasteiger partial charge in [0.05, 0.1) is 19.2 Å². The molecule has 1 saturated heterocycles. The lowest BCUT2D eigenvalue weighted by Gasteiger charge is -2.38. The molecule has 0 amide bonds. The maximum atomic E-state index is 5.46. The minimum absolute atomic E-state index is 0.369. The van der Waals surface area contributed by atoms with E-state index in [4.69, 9.17) is 10.5 Å². The van der Waals surface area contributed by atoms with Crippen molar-refractivity contribution in [1.29, 1.82) is 0 Å². The van der Waals surface area contributed by atoms with Crippen molar-refractivity contribution in [2.75, 3.05) is 26.7 Å². The Bertz CT molecular complexity index is 540. The second-order valence-corrected chi connectivity index (χ2v) is 6.52. The van der Waals surface area contributed by atoms with E-state index in [0.29, 0.717) is 12.0 Å². The normalized spacial score (nSPS) is 17.9. The predicted octanol–water partition coefficient (Wildman–Crippen LogP) is 2.63. The van der Waals surface area contributed by atoms with E-state index in [0.717, 1.165) is 24.4 Å². The molecule has 0 radical (unpaired) electrons. The van der Waals surface area contributed by atoms with Crippen LogP contribution in [0.3, 0.4) is 0 Å². The third-order valence-electron chi connectivity index (χ3n) is 3.97. The number of nitrogens with two attached hydrogens (primary N) is 1. The molecular formula is C18H26N2O. The summed E-state index contributed by atoms with van der Waals surface area (Å²) >= 11 is 0. The lowest BCUT2D eigenvalue weighted by Crippen LogP contribution is -2.39. The molecule has 0 saturated carbocycles. The molecular weight excluding hydrogens is 260 g/mol. The number of piperidine rings is 1. The molecule has 2 N–H and O–H groups in total. The maximum Gasteiger partial charge on any atom is 0.134 e. The molecule has 1 aliphatic rings. The Kier molecular flexibility index (Phi) is 5.27. The molecule has 0 aliphatic carbocycles. The molecule has 1 aromatic rings. The van der Waals surface area contributed by atoms with Crippen molar-refractivity contribution in [3.63, 3.8) is 0 Å². The average molecular weight is 286 g/mol. The highest BCUT2D eigenvalue weighted by Crippen LogP contribution is 2.29. The van der Waals surface area contributed by atoms with Gasteiger partial charge in [-0.25, -0.2) is 0 Å². The first-order chi connectivity index (χ1) is 10.0. The van der Waals surface area contributed by atoms with Gasteiger partial charge in [0.1, 0.15) is 5.75 Å². The van der Waals surface area contributed by atoms with Crippen LogP contribution in [0.25, 0.3) is 0 Å². The van der Waals surface area contributed by atoms with E-state index in [1.807, 2.05) is 6.07 Å². The monoisotopic (exact) mass is 286 g/mol. The van der Waals surface area contributed by atoms with Crippen LogP contribution in [-0.2, 0) is 6.54 Å². The summed E-state index contributed by atoms with van der Waals surface area (Å²) in [6.45, 7) is 8.39. The minimum Gasteiger partial charge on any atom is -0.495 e. The highest BCUT2D eigenvalue weighted by atomic mass is 16.5. The summed E-state index contributed by atoms with van der Waals surface area (Å²) in [5.41, 5.74) is 8.10. The van der Waals surface area contributed by atoms with Gasteiger partial charge < -0.3 is 10.5 Å². The summed E-state index contributed by atoms with van der Waals surface area (Å²) in [5, 5.41) is 0. The second-order valence-electron chi connectivity index (χ2n) is 6.52. The van der Waals surface area contributed by atoms with Gasteiger partial charge in [-0.15, -0.1) is 0 Å². The number of nitrogens with zero attached hydrogens (tertiary/aromatic N) is 1. The molecule has 0 bridgehead atoms. The van der Waals surface area contributed by atoms with Crippen LogP contribution in [0.15, 0.2) is 18.2 Å². The molecule has 114 valence electrons. The first-order valence-corrected chi connectivity index (χ1v) is 7.62. The first-order valence-electron chi connectivity index (χ1n) is 7.62. The Balaban J connectivity index is 2.13. The quantitative estimate of drug-likeness (QED) is 0.868. The minimum atomic E-state index is 0.369. The number of hydrogen-bond acceptors (Lipinski definition) is 3. The summed E-state index contributed by atoms with van der Waals surface area (Å²) in [4.78, 5) is 2.53. The van der Waals surface area contributed by atoms with Gasteiger partial charge in [0.15, 0.2) is 0 Å². The largest absolute Gasteiger partial charge is 0.495 e. The number of likely N-dealkylation sites (tertiary alicyclic amines) is 1. The fourth-order valence-electron chi connectivity index (χ4n) is 3.04. The summed E-state index contributed by atoms with van der Waals surface area (Å²) in [7, 11) is 1.68. The first kappa shape index (κ1) is 15.9. The zero-order chi connectivity index (χ0) is 15.3. The molecule has 1 aliphatic heterocycles. The maximum absolute atomic E-state index is 5.46. The van der Waals surface area contributed by atoms with Gasteiger partial charge in [0.25, 0.3) is 0 Å². The van der Waals surface area contributed by atoms with Gasteiger partial charge in [-0.05, 0) is 42.5 Å². The average Bonchev–Trinajstić information content (AvgIpc) is 2.44. The van der Waals surface area contributed by atoms with E-state index < -0.39 is 0 Å². The molecule has 3 heteroatoms. The van der Waals surface area contributed by atoms with Gasteiger partial charge in [-0.2, -0.15) is 0 Å². The third kappa shape index (κ3) is 4.49. The van der Waals surface area contributed by atoms with Crippen molar-refractivity contribution < 1.29 is 4.74 Å². The Labute approximate surface area is 128 Å². The van der Waals surface area contributed by atoms with E-state index in [2.05, 4.69) is 42.7 Å². The fourth-order valence-corrected chi connectivity index (χ4v) is 3.04. The van der Waals surface area contributed by atoms with Gasteiger partial charge in [-0.3, -0.25) is 4.90 Å². The van der Waals surface area contributed by atoms with Crippen LogP contribution in [-0.4, -0.2) is 31.6 Å². The van der Waals surface area contributed by atoms with E-state index in [-0.39, 0.29) is 0 Å². The van der Waals surface area contributed by atoms with Crippen LogP contribution in [0.5, 0.6) is 5.75 Å². The van der Waals surface area contributed by atoms with E-state index in [1.54, 1.807) is 7.11 Å². The van der Waals surface area contributed by atoms with Crippen LogP contribution >= 0.6 is 0 Å². The lowest BCUT2D eigenvalue weighted by atomic mass is 9.84. The number of benzene rings is 1. The standard InChI is InChI=1S/C18H26N2O/c1-18(2)9-5-11-20(14-18)13-15-7-8-17(21-3)16(12-15)6-4-10-19/h7-8,12H,5,9-11,13-14,19H2,1-3H3. The van der Waals surface area contributed by atoms with E-state index in [9.17, 15) is 0 Å². The zero-order valence-corrected chi connectivity index (χ0v) is 13.4. The molecule has 0 atom stereocenters. The molecule has 1 aromatic carbocycles. The Morgan fingerprint density at radius 3 is 2.86 bits per heavy atom. The van der Waals surface area contributed by atoms with E-state index in [1.165, 1.54) is 24.9 Å². The lowest BCUT2D eigenvalue weighted by molar-refractivity contribution is 0.111. The number of hydrogen-bond donors (Lipinski definition) is 1. The van der Waals surface area contributed by atoms with Crippen molar-refractivity contribution in [2.24, 2.45) is 11.1 Å². The Hall–Kier alpha value is -1.50. The van der Waals surface area contributed by atoms with Crippen LogP contribution < -0.4 is 10.5 Å². The SMILES string of the molecule is COc1ccc(CN2CCCC(C)(C)C2)cc1C#CCN. The van der Waals surface area contributed by atoms with Gasteiger partial charge in [0.2, 0.25) is 0 Å². The molecule has 2 rings (SSSR count). The molecule has 21 heavy (non-hydrogen) atoms. The fraction of sp³-hybridized carbons (Fsp3) is 0.556. The molecule has 0 aromatic heterocycles. The zero-order valence-electron chi connectivity index (χ0n) is 13.4. The molecule has 0 unspecified atom stereocenters. The van der Waals surface area contributed by atoms with Crippen LogP contribution in [0.1, 0.15) is 37.8 Å². The summed E-state index contributed by atoms with van der Waals surface area (Å²) in [6.07, 6.45) is 2.60. The van der Waals surface area contributed by atoms with Crippen molar-refractivity contribution in [2.45, 2.75) is 33.2 Å². The van der Waals surface area contributed by atoms with Gasteiger partial charge in [-0.1, -0.05) is 31.8 Å². The van der Waals surface area contributed by atoms with Crippen molar-refractivity contribution in [3.8, 4) is 17.6 Å². The van der Waals surface area contributed by atoms with Crippen LogP contribution in [0.4, 0.5) is 0 Å². The van der Waals surface area contributed by atoms with Crippen molar-refractivity contribution in [3.05, 3.63) is 29.3 Å². The molecule has 1 heterocycles. The van der Waals surface area contributed by atoms with Gasteiger partial charge in [0, 0.05) is 13.1 Å². The topological polar surface area (TPSA) is 38.5 Å². The highest BCUT2D eigenvalue weighted by molar-refractivity contribution is 5.48. The molecule has 0 spiro atoms. The number of methoxy groups -OCH3 is 1. The summed E-state index contributed by atoms with van der Waals surface area (Å²) in [6, 6.07) is 6.27. The Morgan fingerprint density at radius 2 is 2.19 bits per heavy atom. The van der Waals surface area contributed by atoms with Crippen LogP contribution in [0, 0.1) is 17.3 Å². The van der Waals surface area contributed by atoms with Crippen molar-refractivity contribution in [1.82, 2.24) is 4.90 Å². The second kappa shape index (κ2) is 6.98. The highest BCUT2D eigenvalue weighted by Gasteiger charge is 2.26. The summed E-state index contributed by atoms with van der Waals surface area (Å²) in [5.74, 6) is 6.82. The van der Waals surface area contributed by atoms with Crippen LogP contribution in [0.2, 0.25) is 0 Å². The number of ether oxygens (including phenoxy) is 1. The number of rotatable bonds is 3.